The van der Waals surface area contributed by atoms with Crippen molar-refractivity contribution >= 4 is 5.69 Å². The van der Waals surface area contributed by atoms with Gasteiger partial charge in [0.25, 0.3) is 0 Å². The van der Waals surface area contributed by atoms with Crippen LogP contribution in [-0.2, 0) is 0 Å². The summed E-state index contributed by atoms with van der Waals surface area (Å²) in [6.45, 7) is 12.5. The highest BCUT2D eigenvalue weighted by Gasteiger charge is 2.07. The number of unbranched alkanes of at least 4 members (excludes halogenated alkanes) is 1. The van der Waals surface area contributed by atoms with Crippen molar-refractivity contribution in [2.75, 3.05) is 37.6 Å². The molecule has 0 heterocycles. The first-order valence-electron chi connectivity index (χ1n) is 7.34. The quantitative estimate of drug-likeness (QED) is 0.658. The molecule has 1 aromatic carbocycles. The zero-order chi connectivity index (χ0) is 13.2. The van der Waals surface area contributed by atoms with E-state index in [1.165, 1.54) is 25.1 Å². The van der Waals surface area contributed by atoms with Crippen molar-refractivity contribution in [1.82, 2.24) is 4.90 Å². The number of nitrogens with zero attached hydrogens (tertiary/aromatic N) is 2. The Kier molecular flexibility index (Phi) is 7.51. The molecule has 0 aromatic heterocycles. The summed E-state index contributed by atoms with van der Waals surface area (Å²) in [5, 5.41) is 0. The van der Waals surface area contributed by atoms with Crippen molar-refractivity contribution in [2.24, 2.45) is 0 Å². The van der Waals surface area contributed by atoms with Crippen LogP contribution < -0.4 is 4.90 Å². The van der Waals surface area contributed by atoms with E-state index in [4.69, 9.17) is 0 Å². The maximum atomic E-state index is 2.52. The van der Waals surface area contributed by atoms with E-state index in [0.29, 0.717) is 0 Å². The van der Waals surface area contributed by atoms with Gasteiger partial charge in [0.1, 0.15) is 0 Å². The van der Waals surface area contributed by atoms with E-state index in [9.17, 15) is 0 Å². The Morgan fingerprint density at radius 1 is 0.833 bits per heavy atom. The van der Waals surface area contributed by atoms with Gasteiger partial charge in [-0.05, 0) is 31.6 Å². The molecule has 0 N–H and O–H groups in total. The van der Waals surface area contributed by atoms with Crippen molar-refractivity contribution in [2.45, 2.75) is 33.6 Å². The lowest BCUT2D eigenvalue weighted by atomic mass is 10.2. The van der Waals surface area contributed by atoms with Crippen LogP contribution in [0.2, 0.25) is 0 Å². The molecule has 18 heavy (non-hydrogen) atoms. The van der Waals surface area contributed by atoms with E-state index < -0.39 is 0 Å². The molecule has 0 bridgehead atoms. The Morgan fingerprint density at radius 3 is 2.06 bits per heavy atom. The van der Waals surface area contributed by atoms with Crippen LogP contribution in [0, 0.1) is 0 Å². The lowest BCUT2D eigenvalue weighted by molar-refractivity contribution is 0.309. The molecule has 0 atom stereocenters. The zero-order valence-corrected chi connectivity index (χ0v) is 12.2. The van der Waals surface area contributed by atoms with Gasteiger partial charge in [0.15, 0.2) is 0 Å². The van der Waals surface area contributed by atoms with Crippen LogP contribution in [0.15, 0.2) is 30.3 Å². The smallest absolute Gasteiger partial charge is 0.0366 e. The van der Waals surface area contributed by atoms with Crippen molar-refractivity contribution in [1.29, 1.82) is 0 Å². The van der Waals surface area contributed by atoms with Gasteiger partial charge in [0.05, 0.1) is 0 Å². The lowest BCUT2D eigenvalue weighted by Gasteiger charge is -2.28. The predicted molar refractivity (Wildman–Crippen MR) is 81.4 cm³/mol. The molecule has 0 fully saturated rings. The highest BCUT2D eigenvalue weighted by Crippen LogP contribution is 2.13. The second-order valence-corrected chi connectivity index (χ2v) is 4.70. The van der Waals surface area contributed by atoms with E-state index >= 15 is 0 Å². The molecule has 0 unspecified atom stereocenters. The molecule has 0 saturated heterocycles. The average Bonchev–Trinajstić information content (AvgIpc) is 2.44. The van der Waals surface area contributed by atoms with Gasteiger partial charge in [0, 0.05) is 25.3 Å². The minimum Gasteiger partial charge on any atom is -0.370 e. The third-order valence-corrected chi connectivity index (χ3v) is 3.48. The van der Waals surface area contributed by atoms with Crippen LogP contribution in [0.25, 0.3) is 0 Å². The van der Waals surface area contributed by atoms with Crippen LogP contribution in [0.3, 0.4) is 0 Å². The van der Waals surface area contributed by atoms with Gasteiger partial charge in [-0.15, -0.1) is 0 Å². The molecule has 0 aliphatic heterocycles. The number of rotatable bonds is 9. The first-order valence-corrected chi connectivity index (χ1v) is 7.34. The Hall–Kier alpha value is -1.02. The molecule has 102 valence electrons. The maximum Gasteiger partial charge on any atom is 0.0366 e. The molecule has 0 aliphatic rings. The summed E-state index contributed by atoms with van der Waals surface area (Å²) in [6.07, 6.45) is 2.53. The number of hydrogen-bond donors (Lipinski definition) is 0. The standard InChI is InChI=1S/C16H28N2/c1-4-7-13-18(15-14-17(5-2)6-3)16-11-9-8-10-12-16/h8-12H,4-7,13-15H2,1-3H3. The summed E-state index contributed by atoms with van der Waals surface area (Å²) in [6, 6.07) is 10.8. The van der Waals surface area contributed by atoms with E-state index in [2.05, 4.69) is 60.9 Å². The second kappa shape index (κ2) is 8.98. The highest BCUT2D eigenvalue weighted by molar-refractivity contribution is 5.45. The van der Waals surface area contributed by atoms with E-state index in [0.717, 1.165) is 26.2 Å². The molecule has 0 saturated carbocycles. The molecule has 0 aliphatic carbocycles. The second-order valence-electron chi connectivity index (χ2n) is 4.70. The first kappa shape index (κ1) is 15.0. The third-order valence-electron chi connectivity index (χ3n) is 3.48. The molecule has 2 nitrogen and oxygen atoms in total. The lowest BCUT2D eigenvalue weighted by Crippen LogP contribution is -2.35. The fourth-order valence-corrected chi connectivity index (χ4v) is 2.16. The Labute approximate surface area is 113 Å². The fourth-order valence-electron chi connectivity index (χ4n) is 2.16. The van der Waals surface area contributed by atoms with Crippen LogP contribution in [0.5, 0.6) is 0 Å². The number of likely N-dealkylation sites (N-methyl/N-ethyl adjacent to an activating group) is 1. The summed E-state index contributed by atoms with van der Waals surface area (Å²) < 4.78 is 0. The van der Waals surface area contributed by atoms with Crippen molar-refractivity contribution in [3.8, 4) is 0 Å². The molecular weight excluding hydrogens is 220 g/mol. The third kappa shape index (κ3) is 5.09. The Balaban J connectivity index is 2.56. The van der Waals surface area contributed by atoms with Crippen LogP contribution in [0.1, 0.15) is 33.6 Å². The average molecular weight is 248 g/mol. The molecule has 0 amide bonds. The molecule has 1 aromatic rings. The molecular formula is C16H28N2. The Morgan fingerprint density at radius 2 is 1.50 bits per heavy atom. The highest BCUT2D eigenvalue weighted by atomic mass is 15.2. The maximum absolute atomic E-state index is 2.52. The summed E-state index contributed by atoms with van der Waals surface area (Å²) in [5.41, 5.74) is 1.36. The topological polar surface area (TPSA) is 6.48 Å². The van der Waals surface area contributed by atoms with Crippen molar-refractivity contribution in [3.63, 3.8) is 0 Å². The molecule has 0 spiro atoms. The van der Waals surface area contributed by atoms with E-state index in [1.807, 2.05) is 0 Å². The molecule has 1 rings (SSSR count). The van der Waals surface area contributed by atoms with Crippen molar-refractivity contribution in [3.05, 3.63) is 30.3 Å². The number of para-hydroxylation sites is 1. The van der Waals surface area contributed by atoms with E-state index in [-0.39, 0.29) is 0 Å². The number of benzene rings is 1. The van der Waals surface area contributed by atoms with Gasteiger partial charge in [-0.2, -0.15) is 0 Å². The van der Waals surface area contributed by atoms with Gasteiger partial charge < -0.3 is 9.80 Å². The van der Waals surface area contributed by atoms with Gasteiger partial charge in [-0.25, -0.2) is 0 Å². The molecule has 0 radical (unpaired) electrons. The van der Waals surface area contributed by atoms with Gasteiger partial charge in [-0.3, -0.25) is 0 Å². The summed E-state index contributed by atoms with van der Waals surface area (Å²) >= 11 is 0. The minimum atomic E-state index is 1.13. The number of anilines is 1. The van der Waals surface area contributed by atoms with Gasteiger partial charge >= 0.3 is 0 Å². The summed E-state index contributed by atoms with van der Waals surface area (Å²) in [4.78, 5) is 5.00. The summed E-state index contributed by atoms with van der Waals surface area (Å²) in [7, 11) is 0. The van der Waals surface area contributed by atoms with Crippen molar-refractivity contribution < 1.29 is 0 Å². The normalized spacial score (nSPS) is 10.9. The largest absolute Gasteiger partial charge is 0.370 e. The van der Waals surface area contributed by atoms with Crippen LogP contribution in [-0.4, -0.2) is 37.6 Å². The molecule has 2 heteroatoms. The van der Waals surface area contributed by atoms with Gasteiger partial charge in [0.2, 0.25) is 0 Å². The van der Waals surface area contributed by atoms with Crippen LogP contribution >= 0.6 is 0 Å². The van der Waals surface area contributed by atoms with E-state index in [1.54, 1.807) is 0 Å². The predicted octanol–water partition coefficient (Wildman–Crippen LogP) is 3.63. The van der Waals surface area contributed by atoms with Gasteiger partial charge in [-0.1, -0.05) is 45.4 Å². The van der Waals surface area contributed by atoms with Crippen LogP contribution in [0.4, 0.5) is 5.69 Å². The monoisotopic (exact) mass is 248 g/mol. The minimum absolute atomic E-state index is 1.13. The first-order chi connectivity index (χ1) is 8.81. The fraction of sp³-hybridized carbons (Fsp3) is 0.625. The number of hydrogen-bond acceptors (Lipinski definition) is 2. The SMILES string of the molecule is CCCCN(CCN(CC)CC)c1ccccc1. The zero-order valence-electron chi connectivity index (χ0n) is 12.2. The summed E-state index contributed by atoms with van der Waals surface area (Å²) in [5.74, 6) is 0. The Bertz CT molecular complexity index is 293.